The number of methoxy groups -OCH3 is 2. The summed E-state index contributed by atoms with van der Waals surface area (Å²) in [6.07, 6.45) is 6.02. The van der Waals surface area contributed by atoms with E-state index >= 15 is 0 Å². The van der Waals surface area contributed by atoms with Crippen LogP contribution >= 0.6 is 0 Å². The van der Waals surface area contributed by atoms with Crippen molar-refractivity contribution in [3.05, 3.63) is 71.9 Å². The second-order valence-electron chi connectivity index (χ2n) is 23.9. The molecule has 25 unspecified atom stereocenters. The number of esters is 2. The maximum Gasteiger partial charge on any atom is 0.331 e. The number of hydrogen-bond donors (Lipinski definition) is 7. The summed E-state index contributed by atoms with van der Waals surface area (Å²) >= 11 is 0. The van der Waals surface area contributed by atoms with Crippen molar-refractivity contribution in [1.29, 1.82) is 0 Å². The Bertz CT molecular complexity index is 2190. The number of hydrogen-bond acceptors (Lipinski definition) is 19. The maximum atomic E-state index is 14.0. The van der Waals surface area contributed by atoms with E-state index in [0.29, 0.717) is 32.1 Å². The molecule has 25 atom stereocenters. The highest BCUT2D eigenvalue weighted by Crippen LogP contribution is 2.44. The number of aliphatic hydroxyl groups is 7. The molecule has 0 spiro atoms. The van der Waals surface area contributed by atoms with Crippen LogP contribution in [0.15, 0.2) is 71.9 Å². The monoisotopic (exact) mass is 1180 g/mol. The number of ether oxygens (including phenoxy) is 10. The van der Waals surface area contributed by atoms with Crippen molar-refractivity contribution in [2.45, 2.75) is 269 Å². The first-order valence-corrected chi connectivity index (χ1v) is 30.7. The molecule has 5 heterocycles. The molecule has 83 heavy (non-hydrogen) atoms. The highest BCUT2D eigenvalue weighted by Gasteiger charge is 2.53. The highest BCUT2D eigenvalue weighted by molar-refractivity contribution is 5.83. The molecule has 474 valence electrons. The third-order valence-corrected chi connectivity index (χ3v) is 18.4. The topological polar surface area (TPSA) is 268 Å². The first-order valence-electron chi connectivity index (χ1n) is 30.7. The summed E-state index contributed by atoms with van der Waals surface area (Å²) in [5.74, 6) is -6.17. The molecule has 5 rings (SSSR count). The van der Waals surface area contributed by atoms with Crippen molar-refractivity contribution in [3.8, 4) is 0 Å². The Hall–Kier alpha value is -3.22. The van der Waals surface area contributed by atoms with E-state index in [4.69, 9.17) is 47.4 Å². The smallest absolute Gasteiger partial charge is 0.331 e. The predicted molar refractivity (Wildman–Crippen MR) is 311 cm³/mol. The summed E-state index contributed by atoms with van der Waals surface area (Å²) in [6, 6.07) is 0. The van der Waals surface area contributed by atoms with Gasteiger partial charge in [0.1, 0.15) is 36.6 Å². The fourth-order valence-electron chi connectivity index (χ4n) is 12.7. The minimum atomic E-state index is -1.51. The molecule has 0 bridgehead atoms. The van der Waals surface area contributed by atoms with Crippen LogP contribution in [-0.4, -0.2) is 178 Å². The molecule has 0 amide bonds. The molecule has 5 aliphatic rings. The van der Waals surface area contributed by atoms with Crippen molar-refractivity contribution in [3.63, 3.8) is 0 Å². The Kier molecular flexibility index (Phi) is 27.8. The summed E-state index contributed by atoms with van der Waals surface area (Å²) < 4.78 is 62.9. The zero-order valence-corrected chi connectivity index (χ0v) is 51.9. The second-order valence-corrected chi connectivity index (χ2v) is 23.9. The predicted octanol–water partition coefficient (Wildman–Crippen LogP) is 7.36. The Morgan fingerprint density at radius 1 is 0.566 bits per heavy atom. The molecule has 0 aromatic heterocycles. The first kappa shape index (κ1) is 70.5. The summed E-state index contributed by atoms with van der Waals surface area (Å²) in [6.45, 7) is 22.7. The Morgan fingerprint density at radius 3 is 1.40 bits per heavy atom. The number of allylic oxidation sites excluding steroid dienone is 8. The van der Waals surface area contributed by atoms with Crippen molar-refractivity contribution in [2.24, 2.45) is 35.5 Å². The van der Waals surface area contributed by atoms with Crippen molar-refractivity contribution in [2.75, 3.05) is 14.2 Å². The Labute approximate surface area is 494 Å². The van der Waals surface area contributed by atoms with Gasteiger partial charge in [-0.05, 0) is 77.4 Å². The fraction of sp³-hybridized carbons (Fsp3) is 0.781. The molecular weight excluding hydrogens is 1070 g/mol. The lowest BCUT2D eigenvalue weighted by Crippen LogP contribution is -2.60. The SMILES string of the molecule is CCC1=C\C=C\C(CC)C(C(C)C(O)CC2(OC)CC(OC3OC(C)C(O)C(O)C3O)C(CC)C(C)O2)OC(=O)/C=C/C(CC)=C/C=C/C(CC)C(C(C)C(O)CC2(OC)CC(OC3CC(O)C(O)C(C)O3)C(CC)C(C)O2)OC(=O)\C=C\1. The van der Waals surface area contributed by atoms with Crippen molar-refractivity contribution < 1.29 is 92.7 Å². The van der Waals surface area contributed by atoms with E-state index in [0.717, 1.165) is 17.6 Å². The van der Waals surface area contributed by atoms with Crippen LogP contribution in [0.2, 0.25) is 0 Å². The second kappa shape index (κ2) is 32.7. The van der Waals surface area contributed by atoms with Crippen molar-refractivity contribution in [1.82, 2.24) is 0 Å². The van der Waals surface area contributed by atoms with Gasteiger partial charge in [0.05, 0.1) is 54.9 Å². The summed E-state index contributed by atoms with van der Waals surface area (Å²) in [7, 11) is 3.03. The van der Waals surface area contributed by atoms with E-state index < -0.39 is 139 Å². The molecule has 0 aromatic carbocycles. The van der Waals surface area contributed by atoms with Crippen LogP contribution in [0.4, 0.5) is 0 Å². The van der Waals surface area contributed by atoms with Crippen LogP contribution in [0.25, 0.3) is 0 Å². The molecule has 0 radical (unpaired) electrons. The van der Waals surface area contributed by atoms with E-state index in [9.17, 15) is 45.3 Å². The quantitative estimate of drug-likeness (QED) is 0.0587. The van der Waals surface area contributed by atoms with Gasteiger partial charge in [-0.1, -0.05) is 104 Å². The average molecular weight is 1180 g/mol. The van der Waals surface area contributed by atoms with Gasteiger partial charge < -0.3 is 83.1 Å². The number of carbonyl (C=O) groups is 2. The number of carbonyl (C=O) groups excluding carboxylic acids is 2. The number of aliphatic hydroxyl groups excluding tert-OH is 7. The average Bonchev–Trinajstić information content (AvgIpc) is 3.48. The molecule has 0 aromatic rings. The molecular formula is C64H104O19. The van der Waals surface area contributed by atoms with Crippen LogP contribution in [0.3, 0.4) is 0 Å². The van der Waals surface area contributed by atoms with E-state index in [2.05, 4.69) is 0 Å². The summed E-state index contributed by atoms with van der Waals surface area (Å²) in [4.78, 5) is 28.0. The Balaban J connectivity index is 1.40. The van der Waals surface area contributed by atoms with Gasteiger partial charge in [-0.25, -0.2) is 9.59 Å². The van der Waals surface area contributed by atoms with Crippen LogP contribution < -0.4 is 0 Å². The van der Waals surface area contributed by atoms with Crippen LogP contribution in [0.1, 0.15) is 154 Å². The van der Waals surface area contributed by atoms with Crippen molar-refractivity contribution >= 4 is 11.9 Å². The van der Waals surface area contributed by atoms with Gasteiger partial charge in [-0.3, -0.25) is 0 Å². The minimum absolute atomic E-state index is 0.0196. The van der Waals surface area contributed by atoms with E-state index in [1.807, 2.05) is 106 Å². The molecule has 4 fully saturated rings. The van der Waals surface area contributed by atoms with Gasteiger partial charge in [0.2, 0.25) is 0 Å². The minimum Gasteiger partial charge on any atom is -0.458 e. The lowest BCUT2D eigenvalue weighted by molar-refractivity contribution is -0.351. The molecule has 5 aliphatic heterocycles. The van der Waals surface area contributed by atoms with Gasteiger partial charge in [-0.15, -0.1) is 0 Å². The molecule has 4 saturated heterocycles. The van der Waals surface area contributed by atoms with Gasteiger partial charge in [0.15, 0.2) is 24.2 Å². The van der Waals surface area contributed by atoms with E-state index in [1.165, 1.54) is 26.4 Å². The van der Waals surface area contributed by atoms with Gasteiger partial charge in [-0.2, -0.15) is 0 Å². The lowest BCUT2D eigenvalue weighted by atomic mass is 9.80. The normalized spacial score (nSPS) is 43.4. The van der Waals surface area contributed by atoms with Gasteiger partial charge in [0.25, 0.3) is 0 Å². The molecule has 19 heteroatoms. The molecule has 0 aliphatic carbocycles. The van der Waals surface area contributed by atoms with E-state index in [1.54, 1.807) is 26.0 Å². The zero-order chi connectivity index (χ0) is 61.5. The summed E-state index contributed by atoms with van der Waals surface area (Å²) in [5.41, 5.74) is 1.60. The van der Waals surface area contributed by atoms with Gasteiger partial charge >= 0.3 is 11.9 Å². The largest absolute Gasteiger partial charge is 0.458 e. The summed E-state index contributed by atoms with van der Waals surface area (Å²) in [5, 5.41) is 77.2. The third-order valence-electron chi connectivity index (χ3n) is 18.4. The highest BCUT2D eigenvalue weighted by atomic mass is 16.7. The molecule has 7 N–H and O–H groups in total. The maximum absolute atomic E-state index is 14.0. The number of rotatable bonds is 20. The standard InChI is InChI=1S/C64H104O19/c1-15-42-23-21-25-44(17-3)60(36(7)49(66)32-63(74-13)34-51(46(19-5)38(9)82-63)78-55-31-48(65)56(70)40(11)76-55)80-53(68)29-27-43(16-2)24-22-26-45(18-4)61(81-54(69)30-28-42)37(8)50(67)33-64(75-14)35-52(47(20-6)39(10)83-64)79-62-59(73)58(72)57(71)41(12)77-62/h21-30,36-41,44-52,55-62,65-67,70-73H,15-20,31-35H2,1-14H3/b25-21+,26-22+,29-27+,30-28+,42-23+,43-24+. The molecule has 19 nitrogen and oxygen atoms in total. The third kappa shape index (κ3) is 18.4. The zero-order valence-electron chi connectivity index (χ0n) is 51.9. The number of cyclic esters (lactones) is 2. The Morgan fingerprint density at radius 2 is 1.00 bits per heavy atom. The van der Waals surface area contributed by atoms with E-state index in [-0.39, 0.29) is 56.0 Å². The van der Waals surface area contributed by atoms with Crippen LogP contribution in [-0.2, 0) is 57.0 Å². The van der Waals surface area contributed by atoms with Gasteiger partial charge in [0, 0.05) is 94.0 Å². The molecule has 0 saturated carbocycles. The van der Waals surface area contributed by atoms with Crippen LogP contribution in [0.5, 0.6) is 0 Å². The lowest BCUT2D eigenvalue weighted by Gasteiger charge is -2.49. The first-order chi connectivity index (χ1) is 39.4. The fourth-order valence-corrected chi connectivity index (χ4v) is 12.7. The van der Waals surface area contributed by atoms with Crippen LogP contribution in [0, 0.1) is 35.5 Å².